The Morgan fingerprint density at radius 3 is 0.911 bits per heavy atom. The molecular weight excluding hydrogens is 540 g/mol. The van der Waals surface area contributed by atoms with Gasteiger partial charge in [-0.25, -0.2) is 0 Å². The lowest BCUT2D eigenvalue weighted by molar-refractivity contribution is 1.25. The van der Waals surface area contributed by atoms with Crippen LogP contribution in [0.5, 0.6) is 0 Å². The summed E-state index contributed by atoms with van der Waals surface area (Å²) in [5.74, 6) is 27.3. The fourth-order valence-electron chi connectivity index (χ4n) is 5.47. The van der Waals surface area contributed by atoms with E-state index in [2.05, 4.69) is 71.6 Å². The van der Waals surface area contributed by atoms with E-state index in [0.29, 0.717) is 0 Å². The standard InChI is InChI=1S/C45H26/c1-5-13-34(14-6-1)21-23-38-29-40(27-25-36-17-9-3-10-18-36)44-42(31-38)33-43-32-39(24-22-35-15-7-2-8-16-35)30-41(45(43)44)28-26-37-19-11-4-12-20-37/h1-20,29-32H,33H2. The Kier molecular flexibility index (Phi) is 7.81. The van der Waals surface area contributed by atoms with E-state index in [1.54, 1.807) is 0 Å². The van der Waals surface area contributed by atoms with Crippen molar-refractivity contribution in [1.29, 1.82) is 0 Å². The molecule has 6 aromatic rings. The van der Waals surface area contributed by atoms with Gasteiger partial charge in [0.05, 0.1) is 0 Å². The molecule has 45 heavy (non-hydrogen) atoms. The molecule has 1 aliphatic carbocycles. The fraction of sp³-hybridized carbons (Fsp3) is 0.0222. The van der Waals surface area contributed by atoms with Gasteiger partial charge in [-0.2, -0.15) is 0 Å². The second kappa shape index (κ2) is 12.8. The van der Waals surface area contributed by atoms with Crippen LogP contribution in [0.4, 0.5) is 0 Å². The highest BCUT2D eigenvalue weighted by molar-refractivity contribution is 5.88. The topological polar surface area (TPSA) is 0 Å². The minimum Gasteiger partial charge on any atom is -0.0622 e. The molecule has 0 heterocycles. The van der Waals surface area contributed by atoms with Gasteiger partial charge in [-0.1, -0.05) is 120 Å². The van der Waals surface area contributed by atoms with Crippen molar-refractivity contribution in [3.8, 4) is 58.5 Å². The molecule has 0 aliphatic heterocycles. The first-order chi connectivity index (χ1) is 22.3. The number of rotatable bonds is 0. The van der Waals surface area contributed by atoms with E-state index in [-0.39, 0.29) is 0 Å². The highest BCUT2D eigenvalue weighted by atomic mass is 14.3. The van der Waals surface area contributed by atoms with Gasteiger partial charge in [-0.3, -0.25) is 0 Å². The summed E-state index contributed by atoms with van der Waals surface area (Å²) in [6.45, 7) is 0. The van der Waals surface area contributed by atoms with Crippen molar-refractivity contribution >= 4 is 0 Å². The zero-order valence-corrected chi connectivity index (χ0v) is 24.6. The molecule has 0 unspecified atom stereocenters. The molecule has 1 aliphatic rings. The van der Waals surface area contributed by atoms with Gasteiger partial charge in [-0.15, -0.1) is 0 Å². The van der Waals surface area contributed by atoms with E-state index in [4.69, 9.17) is 0 Å². The summed E-state index contributed by atoms with van der Waals surface area (Å²) in [7, 11) is 0. The fourth-order valence-corrected chi connectivity index (χ4v) is 5.47. The summed E-state index contributed by atoms with van der Waals surface area (Å²) in [5.41, 5.74) is 12.4. The SMILES string of the molecule is C(#Cc1cc(C#Cc2ccccc2)c2c(c1)Cc1cc(C#Cc3ccccc3)cc(C#Cc3ccccc3)c1-2)c1ccccc1. The first-order valence-electron chi connectivity index (χ1n) is 14.9. The minimum atomic E-state index is 0.770. The summed E-state index contributed by atoms with van der Waals surface area (Å²) in [4.78, 5) is 0. The summed E-state index contributed by atoms with van der Waals surface area (Å²) in [6.07, 6.45) is 0.770. The van der Waals surface area contributed by atoms with Crippen molar-refractivity contribution in [3.63, 3.8) is 0 Å². The average Bonchev–Trinajstić information content (AvgIpc) is 3.48. The van der Waals surface area contributed by atoms with Crippen molar-refractivity contribution < 1.29 is 0 Å². The molecule has 0 spiro atoms. The Labute approximate surface area is 265 Å². The largest absolute Gasteiger partial charge is 0.0622 e. The molecule has 0 amide bonds. The lowest BCUT2D eigenvalue weighted by Crippen LogP contribution is -1.92. The van der Waals surface area contributed by atoms with Crippen molar-refractivity contribution in [1.82, 2.24) is 0 Å². The lowest BCUT2D eigenvalue weighted by Gasteiger charge is -2.09. The van der Waals surface area contributed by atoms with Crippen LogP contribution in [-0.4, -0.2) is 0 Å². The number of hydrogen-bond acceptors (Lipinski definition) is 0. The van der Waals surface area contributed by atoms with Crippen molar-refractivity contribution in [2.45, 2.75) is 6.42 Å². The Morgan fingerprint density at radius 2 is 0.578 bits per heavy atom. The first-order valence-corrected chi connectivity index (χ1v) is 14.9. The van der Waals surface area contributed by atoms with Gasteiger partial charge < -0.3 is 0 Å². The maximum Gasteiger partial charge on any atom is 0.0343 e. The molecule has 0 fully saturated rings. The summed E-state index contributed by atoms with van der Waals surface area (Å²) in [5, 5.41) is 0. The predicted molar refractivity (Wildman–Crippen MR) is 184 cm³/mol. The van der Waals surface area contributed by atoms with Crippen LogP contribution in [0.15, 0.2) is 146 Å². The van der Waals surface area contributed by atoms with E-state index in [9.17, 15) is 0 Å². The predicted octanol–water partition coefficient (Wildman–Crippen LogP) is 8.86. The molecule has 0 N–H and O–H groups in total. The van der Waals surface area contributed by atoms with Crippen molar-refractivity contribution in [2.24, 2.45) is 0 Å². The van der Waals surface area contributed by atoms with Gasteiger partial charge in [0.25, 0.3) is 0 Å². The molecule has 0 aromatic heterocycles. The van der Waals surface area contributed by atoms with Crippen LogP contribution >= 0.6 is 0 Å². The molecule has 0 nitrogen and oxygen atoms in total. The smallest absolute Gasteiger partial charge is 0.0343 e. The molecule has 6 aromatic carbocycles. The zero-order chi connectivity index (χ0) is 30.3. The van der Waals surface area contributed by atoms with Crippen LogP contribution in [0.3, 0.4) is 0 Å². The van der Waals surface area contributed by atoms with E-state index < -0.39 is 0 Å². The third-order valence-electron chi connectivity index (χ3n) is 7.55. The monoisotopic (exact) mass is 566 g/mol. The Balaban J connectivity index is 1.40. The number of hydrogen-bond donors (Lipinski definition) is 0. The molecule has 7 rings (SSSR count). The quantitative estimate of drug-likeness (QED) is 0.161. The van der Waals surface area contributed by atoms with Gasteiger partial charge in [-0.05, 0) is 90.3 Å². The van der Waals surface area contributed by atoms with Crippen LogP contribution in [0.25, 0.3) is 11.1 Å². The third kappa shape index (κ3) is 6.49. The Hall–Kier alpha value is -6.44. The maximum absolute atomic E-state index is 3.51. The first kappa shape index (κ1) is 27.4. The second-order valence-electron chi connectivity index (χ2n) is 10.8. The van der Waals surface area contributed by atoms with Crippen LogP contribution in [0.1, 0.15) is 55.6 Å². The van der Waals surface area contributed by atoms with Gasteiger partial charge in [0, 0.05) is 55.6 Å². The number of benzene rings is 6. The van der Waals surface area contributed by atoms with Gasteiger partial charge >= 0.3 is 0 Å². The van der Waals surface area contributed by atoms with Gasteiger partial charge in [0.2, 0.25) is 0 Å². The van der Waals surface area contributed by atoms with E-state index in [1.807, 2.05) is 121 Å². The van der Waals surface area contributed by atoms with E-state index >= 15 is 0 Å². The molecule has 0 saturated carbocycles. The molecule has 0 saturated heterocycles. The van der Waals surface area contributed by atoms with Crippen molar-refractivity contribution in [2.75, 3.05) is 0 Å². The molecule has 0 heteroatoms. The Morgan fingerprint density at radius 1 is 0.289 bits per heavy atom. The Bertz CT molecular complexity index is 2100. The molecule has 0 atom stereocenters. The van der Waals surface area contributed by atoms with E-state index in [1.165, 1.54) is 11.1 Å². The van der Waals surface area contributed by atoms with Crippen LogP contribution in [-0.2, 0) is 6.42 Å². The molecular formula is C45H26. The molecule has 0 radical (unpaired) electrons. The highest BCUT2D eigenvalue weighted by Gasteiger charge is 2.25. The third-order valence-corrected chi connectivity index (χ3v) is 7.55. The molecule has 0 bridgehead atoms. The summed E-state index contributed by atoms with van der Waals surface area (Å²) >= 11 is 0. The van der Waals surface area contributed by atoms with Crippen LogP contribution < -0.4 is 0 Å². The second-order valence-corrected chi connectivity index (χ2v) is 10.8. The maximum atomic E-state index is 3.51. The van der Waals surface area contributed by atoms with Crippen LogP contribution in [0, 0.1) is 47.4 Å². The molecule has 206 valence electrons. The average molecular weight is 567 g/mol. The summed E-state index contributed by atoms with van der Waals surface area (Å²) < 4.78 is 0. The van der Waals surface area contributed by atoms with Crippen molar-refractivity contribution in [3.05, 3.63) is 201 Å². The normalized spacial score (nSPS) is 10.3. The number of fused-ring (bicyclic) bond motifs is 3. The minimum absolute atomic E-state index is 0.770. The zero-order valence-electron chi connectivity index (χ0n) is 24.6. The summed E-state index contributed by atoms with van der Waals surface area (Å²) in [6, 6.07) is 49.1. The highest BCUT2D eigenvalue weighted by Crippen LogP contribution is 2.42. The van der Waals surface area contributed by atoms with Gasteiger partial charge in [0.15, 0.2) is 0 Å². The van der Waals surface area contributed by atoms with Gasteiger partial charge in [0.1, 0.15) is 0 Å². The van der Waals surface area contributed by atoms with E-state index in [0.717, 1.165) is 62.1 Å². The van der Waals surface area contributed by atoms with Crippen LogP contribution in [0.2, 0.25) is 0 Å². The lowest BCUT2D eigenvalue weighted by atomic mass is 9.92.